The molecule has 148 valence electrons. The monoisotopic (exact) mass is 483 g/mol. The fourth-order valence-electron chi connectivity index (χ4n) is 3.37. The largest absolute Gasteiger partial charge is 0.469 e. The summed E-state index contributed by atoms with van der Waals surface area (Å²) in [6.45, 7) is 2.40. The molecule has 1 unspecified atom stereocenters. The lowest BCUT2D eigenvalue weighted by molar-refractivity contribution is 0.0398. The maximum Gasteiger partial charge on any atom is 0.190 e. The molecule has 1 atom stereocenters. The van der Waals surface area contributed by atoms with Gasteiger partial charge in [-0.2, -0.15) is 0 Å². The number of halogens is 1. The number of fused-ring (bicyclic) bond motifs is 1. The number of guanidine groups is 1. The van der Waals surface area contributed by atoms with Gasteiger partial charge in [-0.1, -0.05) is 24.3 Å². The minimum Gasteiger partial charge on any atom is -0.469 e. The van der Waals surface area contributed by atoms with Crippen molar-refractivity contribution >= 4 is 29.9 Å². The lowest BCUT2D eigenvalue weighted by Crippen LogP contribution is -2.39. The third-order valence-corrected chi connectivity index (χ3v) is 4.71. The summed E-state index contributed by atoms with van der Waals surface area (Å²) in [5.74, 6) is 1.80. The van der Waals surface area contributed by atoms with Crippen LogP contribution in [-0.2, 0) is 17.6 Å². The van der Waals surface area contributed by atoms with Crippen molar-refractivity contribution in [1.29, 1.82) is 0 Å². The van der Waals surface area contributed by atoms with Gasteiger partial charge >= 0.3 is 0 Å². The lowest BCUT2D eigenvalue weighted by Gasteiger charge is -2.25. The number of ether oxygens (including phenoxy) is 1. The van der Waals surface area contributed by atoms with Gasteiger partial charge in [-0.3, -0.25) is 4.99 Å². The van der Waals surface area contributed by atoms with Crippen molar-refractivity contribution < 1.29 is 9.15 Å². The molecule has 1 aromatic carbocycles. The highest BCUT2D eigenvalue weighted by Gasteiger charge is 2.19. The summed E-state index contributed by atoms with van der Waals surface area (Å²) in [5, 5.41) is 6.63. The predicted octanol–water partition coefficient (Wildman–Crippen LogP) is 4.09. The second-order valence-electron chi connectivity index (χ2n) is 6.56. The Balaban J connectivity index is 0.00000261. The van der Waals surface area contributed by atoms with Gasteiger partial charge in [-0.05, 0) is 48.9 Å². The Bertz CT molecular complexity index is 688. The molecule has 1 aliphatic rings. The molecule has 0 aliphatic heterocycles. The summed E-state index contributed by atoms with van der Waals surface area (Å²) in [4.78, 5) is 4.25. The highest BCUT2D eigenvalue weighted by molar-refractivity contribution is 14.0. The number of hydrogen-bond donors (Lipinski definition) is 2. The zero-order chi connectivity index (χ0) is 18.0. The molecule has 6 heteroatoms. The predicted molar refractivity (Wildman–Crippen MR) is 120 cm³/mol. The average molecular weight is 483 g/mol. The van der Waals surface area contributed by atoms with Crippen molar-refractivity contribution in [3.63, 3.8) is 0 Å². The Morgan fingerprint density at radius 2 is 2.04 bits per heavy atom. The van der Waals surface area contributed by atoms with E-state index in [1.54, 1.807) is 13.3 Å². The van der Waals surface area contributed by atoms with Crippen LogP contribution in [0.5, 0.6) is 0 Å². The second kappa shape index (κ2) is 12.0. The molecule has 1 aromatic heterocycles. The molecular weight excluding hydrogens is 453 g/mol. The molecule has 0 saturated heterocycles. The van der Waals surface area contributed by atoms with Crippen molar-refractivity contribution in [2.75, 3.05) is 26.7 Å². The van der Waals surface area contributed by atoms with E-state index < -0.39 is 0 Å². The van der Waals surface area contributed by atoms with Gasteiger partial charge in [0.05, 0.1) is 12.4 Å². The highest BCUT2D eigenvalue weighted by atomic mass is 127. The molecule has 0 saturated carbocycles. The molecule has 5 nitrogen and oxygen atoms in total. The van der Waals surface area contributed by atoms with Gasteiger partial charge in [-0.25, -0.2) is 0 Å². The summed E-state index contributed by atoms with van der Waals surface area (Å²) in [7, 11) is 1.79. The Kier molecular flexibility index (Phi) is 9.69. The van der Waals surface area contributed by atoms with E-state index in [9.17, 15) is 0 Å². The molecule has 1 aliphatic carbocycles. The van der Waals surface area contributed by atoms with Gasteiger partial charge in [0.1, 0.15) is 5.76 Å². The Labute approximate surface area is 179 Å². The van der Waals surface area contributed by atoms with Crippen molar-refractivity contribution in [2.24, 2.45) is 4.99 Å². The molecule has 0 spiro atoms. The molecule has 0 fully saturated rings. The molecule has 27 heavy (non-hydrogen) atoms. The van der Waals surface area contributed by atoms with Gasteiger partial charge in [-0.15, -0.1) is 24.0 Å². The minimum atomic E-state index is 0. The number of nitrogens with one attached hydrogen (secondary N) is 2. The molecule has 0 radical (unpaired) electrons. The Morgan fingerprint density at radius 1 is 1.19 bits per heavy atom. The first kappa shape index (κ1) is 21.8. The standard InChI is InChI=1S/C21H29N3O2.HI/c1-22-21(24-14-12-18-9-5-15-25-18)23-13-6-16-26-20-11-4-8-17-7-2-3-10-19(17)20;/h2-3,5,7,9-10,15,20H,4,6,8,11-14,16H2,1H3,(H2,22,23,24);1H. The topological polar surface area (TPSA) is 58.8 Å². The number of benzene rings is 1. The third-order valence-electron chi connectivity index (χ3n) is 4.71. The molecule has 0 bridgehead atoms. The average Bonchev–Trinajstić information content (AvgIpc) is 3.20. The lowest BCUT2D eigenvalue weighted by atomic mass is 9.89. The van der Waals surface area contributed by atoms with E-state index in [1.807, 2.05) is 12.1 Å². The molecule has 2 N–H and O–H groups in total. The smallest absolute Gasteiger partial charge is 0.190 e. The highest BCUT2D eigenvalue weighted by Crippen LogP contribution is 2.32. The van der Waals surface area contributed by atoms with Crippen LogP contribution in [0.3, 0.4) is 0 Å². The van der Waals surface area contributed by atoms with E-state index in [0.717, 1.165) is 50.7 Å². The first-order valence-electron chi connectivity index (χ1n) is 9.53. The zero-order valence-electron chi connectivity index (χ0n) is 15.9. The van der Waals surface area contributed by atoms with Crippen molar-refractivity contribution in [2.45, 2.75) is 38.2 Å². The van der Waals surface area contributed by atoms with Gasteiger partial charge < -0.3 is 19.8 Å². The third kappa shape index (κ3) is 6.84. The normalized spacial score (nSPS) is 16.3. The van der Waals surface area contributed by atoms with E-state index in [4.69, 9.17) is 9.15 Å². The minimum absolute atomic E-state index is 0. The molecule has 2 aromatic rings. The van der Waals surface area contributed by atoms with Gasteiger partial charge in [0.15, 0.2) is 5.96 Å². The second-order valence-corrected chi connectivity index (χ2v) is 6.56. The first-order valence-corrected chi connectivity index (χ1v) is 9.53. The van der Waals surface area contributed by atoms with Crippen LogP contribution in [0.15, 0.2) is 52.1 Å². The number of nitrogens with zero attached hydrogens (tertiary/aromatic N) is 1. The van der Waals surface area contributed by atoms with E-state index in [-0.39, 0.29) is 30.1 Å². The summed E-state index contributed by atoms with van der Waals surface area (Å²) >= 11 is 0. The van der Waals surface area contributed by atoms with Gasteiger partial charge in [0.2, 0.25) is 0 Å². The van der Waals surface area contributed by atoms with E-state index in [1.165, 1.54) is 24.0 Å². The summed E-state index contributed by atoms with van der Waals surface area (Å²) in [5.41, 5.74) is 2.82. The maximum atomic E-state index is 6.14. The van der Waals surface area contributed by atoms with Crippen molar-refractivity contribution in [3.8, 4) is 0 Å². The molecule has 0 amide bonds. The maximum absolute atomic E-state index is 6.14. The zero-order valence-corrected chi connectivity index (χ0v) is 18.3. The molecule has 3 rings (SSSR count). The van der Waals surface area contributed by atoms with Crippen LogP contribution in [-0.4, -0.2) is 32.7 Å². The number of rotatable bonds is 8. The summed E-state index contributed by atoms with van der Waals surface area (Å²) in [6.07, 6.45) is 7.28. The van der Waals surface area contributed by atoms with Crippen LogP contribution in [0, 0.1) is 0 Å². The number of furan rings is 1. The quantitative estimate of drug-likeness (QED) is 0.257. The first-order chi connectivity index (χ1) is 12.9. The van der Waals surface area contributed by atoms with Crippen LogP contribution < -0.4 is 10.6 Å². The van der Waals surface area contributed by atoms with Crippen LogP contribution in [0.25, 0.3) is 0 Å². The Hall–Kier alpha value is -1.54. The van der Waals surface area contributed by atoms with Gasteiger partial charge in [0, 0.05) is 33.2 Å². The number of aliphatic imine (C=N–C) groups is 1. The van der Waals surface area contributed by atoms with Crippen LogP contribution in [0.4, 0.5) is 0 Å². The number of hydrogen-bond acceptors (Lipinski definition) is 3. The van der Waals surface area contributed by atoms with Gasteiger partial charge in [0.25, 0.3) is 0 Å². The van der Waals surface area contributed by atoms with Crippen LogP contribution >= 0.6 is 24.0 Å². The number of aryl methyl sites for hydroxylation is 1. The molecule has 1 heterocycles. The SMILES string of the molecule is CN=C(NCCCOC1CCCc2ccccc21)NCCc1ccco1.I. The van der Waals surface area contributed by atoms with Crippen molar-refractivity contribution in [3.05, 3.63) is 59.5 Å². The summed E-state index contributed by atoms with van der Waals surface area (Å²) < 4.78 is 11.5. The Morgan fingerprint density at radius 3 is 2.85 bits per heavy atom. The fraction of sp³-hybridized carbons (Fsp3) is 0.476. The van der Waals surface area contributed by atoms with E-state index >= 15 is 0 Å². The summed E-state index contributed by atoms with van der Waals surface area (Å²) in [6, 6.07) is 12.6. The van der Waals surface area contributed by atoms with E-state index in [2.05, 4.69) is 39.9 Å². The van der Waals surface area contributed by atoms with Crippen LogP contribution in [0.2, 0.25) is 0 Å². The van der Waals surface area contributed by atoms with E-state index in [0.29, 0.717) is 0 Å². The fourth-order valence-corrected chi connectivity index (χ4v) is 3.37. The molecular formula is C21H30IN3O2. The van der Waals surface area contributed by atoms with Crippen LogP contribution in [0.1, 0.15) is 42.3 Å². The van der Waals surface area contributed by atoms with Crippen molar-refractivity contribution in [1.82, 2.24) is 10.6 Å².